The van der Waals surface area contributed by atoms with Crippen LogP contribution in [0.15, 0.2) is 23.0 Å². The van der Waals surface area contributed by atoms with Crippen LogP contribution in [0.4, 0.5) is 5.95 Å². The Labute approximate surface area is 182 Å². The quantitative estimate of drug-likeness (QED) is 0.729. The summed E-state index contributed by atoms with van der Waals surface area (Å²) in [4.78, 5) is 35.8. The summed E-state index contributed by atoms with van der Waals surface area (Å²) in [5.41, 5.74) is 0.667. The molecule has 9 nitrogen and oxygen atoms in total. The Morgan fingerprint density at radius 3 is 2.61 bits per heavy atom. The van der Waals surface area contributed by atoms with Gasteiger partial charge in [0.2, 0.25) is 11.9 Å². The Bertz CT molecular complexity index is 922. The number of hydrogen-bond donors (Lipinski definition) is 2. The fourth-order valence-electron chi connectivity index (χ4n) is 4.81. The summed E-state index contributed by atoms with van der Waals surface area (Å²) in [5, 5.41) is 9.92. The monoisotopic (exact) mass is 426 g/mol. The van der Waals surface area contributed by atoms with Crippen LogP contribution in [0.25, 0.3) is 0 Å². The van der Waals surface area contributed by atoms with Gasteiger partial charge in [-0.05, 0) is 19.3 Å². The molecular formula is C22H30N6O3. The molecule has 2 amide bonds. The van der Waals surface area contributed by atoms with Crippen molar-refractivity contribution in [1.29, 1.82) is 0 Å². The van der Waals surface area contributed by atoms with Crippen molar-refractivity contribution in [3.63, 3.8) is 0 Å². The molecule has 1 unspecified atom stereocenters. The molecule has 0 spiro atoms. The molecule has 1 atom stereocenters. The number of carbonyl (C=O) groups is 2. The Kier molecular flexibility index (Phi) is 6.20. The van der Waals surface area contributed by atoms with E-state index >= 15 is 0 Å². The number of carbonyl (C=O) groups excluding carboxylic acids is 2. The molecule has 9 heteroatoms. The van der Waals surface area contributed by atoms with Gasteiger partial charge < -0.3 is 20.1 Å². The number of likely N-dealkylation sites (tertiary alicyclic amines) is 1. The van der Waals surface area contributed by atoms with Gasteiger partial charge in [0.25, 0.3) is 5.91 Å². The van der Waals surface area contributed by atoms with Crippen molar-refractivity contribution in [1.82, 2.24) is 25.3 Å². The first kappa shape index (κ1) is 21.3. The van der Waals surface area contributed by atoms with Gasteiger partial charge in [0.15, 0.2) is 0 Å². The number of hydrogen-bond acceptors (Lipinski definition) is 7. The molecule has 3 heterocycles. The van der Waals surface area contributed by atoms with Gasteiger partial charge in [0.05, 0.1) is 16.7 Å². The smallest absolute Gasteiger partial charge is 0.257 e. The van der Waals surface area contributed by atoms with E-state index < -0.39 is 5.41 Å². The van der Waals surface area contributed by atoms with E-state index in [1.165, 1.54) is 31.7 Å². The van der Waals surface area contributed by atoms with Crippen molar-refractivity contribution >= 4 is 17.8 Å². The molecule has 0 bridgehead atoms. The lowest BCUT2D eigenvalue weighted by molar-refractivity contribution is -0.130. The minimum Gasteiger partial charge on any atom is -0.361 e. The minimum atomic E-state index is -0.737. The second kappa shape index (κ2) is 9.03. The van der Waals surface area contributed by atoms with Gasteiger partial charge in [-0.25, -0.2) is 9.97 Å². The maximum absolute atomic E-state index is 13.0. The highest BCUT2D eigenvalue weighted by Gasteiger charge is 2.46. The van der Waals surface area contributed by atoms with Crippen molar-refractivity contribution in [2.24, 2.45) is 5.41 Å². The molecular weight excluding hydrogens is 396 g/mol. The predicted octanol–water partition coefficient (Wildman–Crippen LogP) is 2.38. The zero-order valence-electron chi connectivity index (χ0n) is 18.2. The molecule has 2 N–H and O–H groups in total. The van der Waals surface area contributed by atoms with Crippen LogP contribution >= 0.6 is 0 Å². The summed E-state index contributed by atoms with van der Waals surface area (Å²) in [7, 11) is 3.35. The first-order chi connectivity index (χ1) is 15.0. The molecule has 2 fully saturated rings. The minimum absolute atomic E-state index is 0.0832. The molecule has 1 saturated carbocycles. The van der Waals surface area contributed by atoms with E-state index in [9.17, 15) is 9.59 Å². The first-order valence-corrected chi connectivity index (χ1v) is 11.0. The fraction of sp³-hybridized carbons (Fsp3) is 0.591. The largest absolute Gasteiger partial charge is 0.361 e. The normalized spacial score (nSPS) is 21.8. The van der Waals surface area contributed by atoms with Crippen LogP contribution in [0.3, 0.4) is 0 Å². The fourth-order valence-corrected chi connectivity index (χ4v) is 4.81. The lowest BCUT2D eigenvalue weighted by Crippen LogP contribution is -2.44. The first-order valence-electron chi connectivity index (χ1n) is 11.0. The van der Waals surface area contributed by atoms with Gasteiger partial charge in [-0.15, -0.1) is 0 Å². The summed E-state index contributed by atoms with van der Waals surface area (Å²) in [5.74, 6) is 1.36. The molecule has 166 valence electrons. The van der Waals surface area contributed by atoms with Crippen molar-refractivity contribution < 1.29 is 14.1 Å². The lowest BCUT2D eigenvalue weighted by Gasteiger charge is -2.26. The highest BCUT2D eigenvalue weighted by Crippen LogP contribution is 2.37. The molecule has 4 rings (SSSR count). The molecule has 1 aliphatic carbocycles. The topological polar surface area (TPSA) is 113 Å². The van der Waals surface area contributed by atoms with E-state index in [0.29, 0.717) is 49.1 Å². The molecule has 31 heavy (non-hydrogen) atoms. The highest BCUT2D eigenvalue weighted by atomic mass is 16.5. The molecule has 0 radical (unpaired) electrons. The third kappa shape index (κ3) is 4.40. The maximum Gasteiger partial charge on any atom is 0.257 e. The van der Waals surface area contributed by atoms with E-state index in [1.807, 2.05) is 6.07 Å². The molecule has 1 saturated heterocycles. The average molecular weight is 427 g/mol. The lowest BCUT2D eigenvalue weighted by atomic mass is 9.81. The van der Waals surface area contributed by atoms with E-state index in [2.05, 4.69) is 25.8 Å². The Balaban J connectivity index is 1.49. The van der Waals surface area contributed by atoms with Gasteiger partial charge in [-0.3, -0.25) is 9.59 Å². The second-order valence-corrected chi connectivity index (χ2v) is 8.61. The Morgan fingerprint density at radius 2 is 1.94 bits per heavy atom. The molecule has 2 aliphatic rings. The standard InChI is InChI=1S/C22H30N6O3/c1-23-20(30)22(11-17-10-18(27-31-17)15-6-4-3-5-7-15)8-9-28(14-22)19(29)16-12-25-21(24-2)26-13-16/h10,12-13,15H,3-9,11,14H2,1-2H3,(H,23,30)(H,24,25,26). The van der Waals surface area contributed by atoms with Crippen LogP contribution in [0.5, 0.6) is 0 Å². The number of aromatic nitrogens is 3. The zero-order chi connectivity index (χ0) is 21.8. The second-order valence-electron chi connectivity index (χ2n) is 8.61. The summed E-state index contributed by atoms with van der Waals surface area (Å²) >= 11 is 0. The summed E-state index contributed by atoms with van der Waals surface area (Å²) in [6, 6.07) is 2.01. The van der Waals surface area contributed by atoms with Crippen LogP contribution < -0.4 is 10.6 Å². The van der Waals surface area contributed by atoms with Crippen molar-refractivity contribution in [3.05, 3.63) is 35.5 Å². The summed E-state index contributed by atoms with van der Waals surface area (Å²) in [6.45, 7) is 0.808. The third-order valence-corrected chi connectivity index (χ3v) is 6.59. The highest BCUT2D eigenvalue weighted by molar-refractivity contribution is 5.95. The van der Waals surface area contributed by atoms with Gasteiger partial charge in [0.1, 0.15) is 5.76 Å². The van der Waals surface area contributed by atoms with Crippen LogP contribution in [0, 0.1) is 5.41 Å². The van der Waals surface area contributed by atoms with E-state index in [1.54, 1.807) is 19.0 Å². The third-order valence-electron chi connectivity index (χ3n) is 6.59. The number of nitrogens with one attached hydrogen (secondary N) is 2. The van der Waals surface area contributed by atoms with Gasteiger partial charge >= 0.3 is 0 Å². The SMILES string of the molecule is CNC(=O)C1(Cc2cc(C3CCCCC3)no2)CCN(C(=O)c2cnc(NC)nc2)C1. The van der Waals surface area contributed by atoms with Gasteiger partial charge in [-0.2, -0.15) is 0 Å². The van der Waals surface area contributed by atoms with Crippen LogP contribution in [-0.2, 0) is 11.2 Å². The maximum atomic E-state index is 13.0. The average Bonchev–Trinajstić information content (AvgIpc) is 3.47. The van der Waals surface area contributed by atoms with Crippen LogP contribution in [-0.4, -0.2) is 59.0 Å². The Morgan fingerprint density at radius 1 is 1.19 bits per heavy atom. The summed E-state index contributed by atoms with van der Waals surface area (Å²) < 4.78 is 5.65. The van der Waals surface area contributed by atoms with E-state index in [-0.39, 0.29) is 11.8 Å². The van der Waals surface area contributed by atoms with E-state index in [4.69, 9.17) is 4.52 Å². The van der Waals surface area contributed by atoms with Crippen molar-refractivity contribution in [2.75, 3.05) is 32.5 Å². The number of amides is 2. The van der Waals surface area contributed by atoms with Crippen LogP contribution in [0.1, 0.15) is 66.3 Å². The van der Waals surface area contributed by atoms with Crippen molar-refractivity contribution in [2.45, 2.75) is 50.9 Å². The number of rotatable bonds is 6. The predicted molar refractivity (Wildman–Crippen MR) is 115 cm³/mol. The molecule has 2 aromatic rings. The molecule has 2 aromatic heterocycles. The van der Waals surface area contributed by atoms with E-state index in [0.717, 1.165) is 18.5 Å². The molecule has 1 aliphatic heterocycles. The number of nitrogens with zero attached hydrogens (tertiary/aromatic N) is 4. The zero-order valence-corrected chi connectivity index (χ0v) is 18.2. The van der Waals surface area contributed by atoms with Gasteiger partial charge in [0, 0.05) is 58.0 Å². The Hall–Kier alpha value is -2.97. The summed E-state index contributed by atoms with van der Waals surface area (Å²) in [6.07, 6.45) is 10.0. The van der Waals surface area contributed by atoms with Gasteiger partial charge in [-0.1, -0.05) is 24.4 Å². The van der Waals surface area contributed by atoms with Crippen LogP contribution in [0.2, 0.25) is 0 Å². The number of anilines is 1. The molecule has 0 aromatic carbocycles. The van der Waals surface area contributed by atoms with Crippen molar-refractivity contribution in [3.8, 4) is 0 Å².